The second-order valence-electron chi connectivity index (χ2n) is 3.02. The summed E-state index contributed by atoms with van der Waals surface area (Å²) in [6.45, 7) is 1.32. The molecule has 0 radical (unpaired) electrons. The summed E-state index contributed by atoms with van der Waals surface area (Å²) in [6, 6.07) is 0. The van der Waals surface area contributed by atoms with Crippen molar-refractivity contribution in [3.63, 3.8) is 0 Å². The Labute approximate surface area is 91.7 Å². The van der Waals surface area contributed by atoms with Crippen molar-refractivity contribution >= 4 is 29.5 Å². The largest absolute Gasteiger partial charge is 0.368 e. The van der Waals surface area contributed by atoms with Crippen LogP contribution in [0.25, 0.3) is 0 Å². The third kappa shape index (κ3) is 3.48. The Hall–Kier alpha value is -2.25. The van der Waals surface area contributed by atoms with Crippen molar-refractivity contribution < 1.29 is 9.59 Å². The molecule has 0 unspecified atom stereocenters. The summed E-state index contributed by atoms with van der Waals surface area (Å²) < 4.78 is 0. The molecule has 0 saturated carbocycles. The molecule has 1 heterocycles. The number of nitrogen functional groups attached to an aromatic ring is 1. The number of carbonyl (C=O) groups is 2. The highest BCUT2D eigenvalue weighted by molar-refractivity contribution is 6.02. The fraction of sp³-hybridized carbons (Fsp3) is 0.375. The van der Waals surface area contributed by atoms with Gasteiger partial charge in [-0.15, -0.1) is 0 Å². The van der Waals surface area contributed by atoms with Crippen molar-refractivity contribution in [2.75, 3.05) is 23.4 Å². The van der Waals surface area contributed by atoms with Crippen LogP contribution in [0.1, 0.15) is 13.3 Å². The molecule has 1 amide bonds. The first-order valence-electron chi connectivity index (χ1n) is 4.50. The third-order valence-electron chi connectivity index (χ3n) is 1.54. The smallest absolute Gasteiger partial charge is 0.236 e. The number of amides is 1. The molecule has 0 atom stereocenters. The Morgan fingerprint density at radius 1 is 1.25 bits per heavy atom. The van der Waals surface area contributed by atoms with Crippen molar-refractivity contribution in [1.82, 2.24) is 15.0 Å². The number of hydrogen-bond acceptors (Lipinski definition) is 7. The molecule has 0 bridgehead atoms. The van der Waals surface area contributed by atoms with E-state index in [2.05, 4.69) is 25.6 Å². The van der Waals surface area contributed by atoms with Gasteiger partial charge in [0.05, 0.1) is 6.42 Å². The second-order valence-corrected chi connectivity index (χ2v) is 3.02. The minimum atomic E-state index is -0.486. The van der Waals surface area contributed by atoms with Crippen molar-refractivity contribution in [2.24, 2.45) is 0 Å². The second kappa shape index (κ2) is 5.01. The first kappa shape index (κ1) is 11.8. The Morgan fingerprint density at radius 2 is 1.88 bits per heavy atom. The van der Waals surface area contributed by atoms with Gasteiger partial charge < -0.3 is 11.1 Å². The van der Waals surface area contributed by atoms with Crippen molar-refractivity contribution in [1.29, 1.82) is 0 Å². The number of carbonyl (C=O) groups excluding carboxylic acids is 2. The van der Waals surface area contributed by atoms with Crippen molar-refractivity contribution in [2.45, 2.75) is 13.3 Å². The molecule has 0 spiro atoms. The van der Waals surface area contributed by atoms with Crippen LogP contribution in [0.5, 0.6) is 0 Å². The lowest BCUT2D eigenvalue weighted by atomic mass is 10.3. The first-order valence-corrected chi connectivity index (χ1v) is 4.50. The number of nitrogens with two attached hydrogens (primary N) is 1. The van der Waals surface area contributed by atoms with Gasteiger partial charge in [-0.3, -0.25) is 14.9 Å². The van der Waals surface area contributed by atoms with E-state index in [1.54, 1.807) is 7.05 Å². The highest BCUT2D eigenvalue weighted by Gasteiger charge is 2.09. The molecule has 0 aliphatic carbocycles. The van der Waals surface area contributed by atoms with Gasteiger partial charge in [0.1, 0.15) is 5.78 Å². The molecule has 4 N–H and O–H groups in total. The highest BCUT2D eigenvalue weighted by atomic mass is 16.2. The van der Waals surface area contributed by atoms with Crippen LogP contribution < -0.4 is 16.4 Å². The zero-order valence-electron chi connectivity index (χ0n) is 8.94. The molecule has 8 heteroatoms. The van der Waals surface area contributed by atoms with E-state index in [-0.39, 0.29) is 30.0 Å². The van der Waals surface area contributed by atoms with E-state index < -0.39 is 5.91 Å². The fourth-order valence-electron chi connectivity index (χ4n) is 0.955. The maximum Gasteiger partial charge on any atom is 0.236 e. The molecule has 86 valence electrons. The van der Waals surface area contributed by atoms with E-state index in [1.165, 1.54) is 6.92 Å². The number of ketones is 1. The predicted molar refractivity (Wildman–Crippen MR) is 57.7 cm³/mol. The van der Waals surface area contributed by atoms with Crippen molar-refractivity contribution in [3.05, 3.63) is 0 Å². The molecule has 0 aliphatic heterocycles. The molecular formula is C8H12N6O2. The van der Waals surface area contributed by atoms with Gasteiger partial charge in [0, 0.05) is 7.05 Å². The molecule has 0 fully saturated rings. The molecular weight excluding hydrogens is 212 g/mol. The van der Waals surface area contributed by atoms with Gasteiger partial charge in [-0.05, 0) is 6.92 Å². The van der Waals surface area contributed by atoms with E-state index in [0.717, 1.165) is 0 Å². The average Bonchev–Trinajstić information content (AvgIpc) is 2.14. The molecule has 8 nitrogen and oxygen atoms in total. The van der Waals surface area contributed by atoms with Crippen LogP contribution in [0.4, 0.5) is 17.8 Å². The maximum atomic E-state index is 11.2. The lowest BCUT2D eigenvalue weighted by Gasteiger charge is -2.04. The molecule has 1 aromatic rings. The Balaban J connectivity index is 2.76. The number of nitrogens with zero attached hydrogens (tertiary/aromatic N) is 3. The molecule has 1 aromatic heterocycles. The minimum Gasteiger partial charge on any atom is -0.368 e. The van der Waals surface area contributed by atoms with Crippen LogP contribution in [-0.4, -0.2) is 33.7 Å². The zero-order chi connectivity index (χ0) is 12.1. The molecule has 0 aromatic carbocycles. The van der Waals surface area contributed by atoms with Crippen molar-refractivity contribution in [3.8, 4) is 0 Å². The Kier molecular flexibility index (Phi) is 3.70. The fourth-order valence-corrected chi connectivity index (χ4v) is 0.955. The zero-order valence-corrected chi connectivity index (χ0v) is 8.94. The standard InChI is InChI=1S/C8H12N6O2/c1-4(15)3-5(16)11-8-13-6(9)12-7(10-2)14-8/h3H2,1-2H3,(H4,9,10,11,12,13,14,16). The summed E-state index contributed by atoms with van der Waals surface area (Å²) in [6.07, 6.45) is -0.222. The van der Waals surface area contributed by atoms with Gasteiger partial charge in [-0.25, -0.2) is 0 Å². The van der Waals surface area contributed by atoms with Crippen LogP contribution in [-0.2, 0) is 9.59 Å². The van der Waals surface area contributed by atoms with Gasteiger partial charge in [0.25, 0.3) is 0 Å². The number of aromatic nitrogens is 3. The quantitative estimate of drug-likeness (QED) is 0.584. The van der Waals surface area contributed by atoms with Crippen LogP contribution in [0.3, 0.4) is 0 Å². The van der Waals surface area contributed by atoms with E-state index in [9.17, 15) is 9.59 Å². The predicted octanol–water partition coefficient (Wildman–Crippen LogP) is -0.587. The Morgan fingerprint density at radius 3 is 2.44 bits per heavy atom. The van der Waals surface area contributed by atoms with E-state index in [1.807, 2.05) is 0 Å². The molecule has 1 rings (SSSR count). The summed E-state index contributed by atoms with van der Waals surface area (Å²) in [4.78, 5) is 33.2. The van der Waals surface area contributed by atoms with Gasteiger partial charge in [-0.2, -0.15) is 15.0 Å². The normalized spacial score (nSPS) is 9.62. The number of rotatable bonds is 4. The topological polar surface area (TPSA) is 123 Å². The Bertz CT molecular complexity index is 419. The van der Waals surface area contributed by atoms with Gasteiger partial charge in [-0.1, -0.05) is 0 Å². The summed E-state index contributed by atoms with van der Waals surface area (Å²) in [5.41, 5.74) is 5.39. The van der Waals surface area contributed by atoms with Gasteiger partial charge in [0.2, 0.25) is 23.8 Å². The van der Waals surface area contributed by atoms with E-state index >= 15 is 0 Å². The minimum absolute atomic E-state index is 0.0162. The number of nitrogens with one attached hydrogen (secondary N) is 2. The van der Waals surface area contributed by atoms with E-state index in [4.69, 9.17) is 5.73 Å². The lowest BCUT2D eigenvalue weighted by Crippen LogP contribution is -2.18. The van der Waals surface area contributed by atoms with Gasteiger partial charge in [0.15, 0.2) is 0 Å². The van der Waals surface area contributed by atoms with Crippen LogP contribution in [0.15, 0.2) is 0 Å². The van der Waals surface area contributed by atoms with Crippen LogP contribution >= 0.6 is 0 Å². The summed E-state index contributed by atoms with van der Waals surface area (Å²) in [5, 5.41) is 5.01. The molecule has 0 saturated heterocycles. The maximum absolute atomic E-state index is 11.2. The van der Waals surface area contributed by atoms with Crippen LogP contribution in [0, 0.1) is 0 Å². The lowest BCUT2D eigenvalue weighted by molar-refractivity contribution is -0.124. The highest BCUT2D eigenvalue weighted by Crippen LogP contribution is 2.06. The van der Waals surface area contributed by atoms with E-state index in [0.29, 0.717) is 0 Å². The van der Waals surface area contributed by atoms with Crippen LogP contribution in [0.2, 0.25) is 0 Å². The summed E-state index contributed by atoms with van der Waals surface area (Å²) in [5.74, 6) is -0.486. The molecule has 0 aliphatic rings. The molecule has 16 heavy (non-hydrogen) atoms. The van der Waals surface area contributed by atoms with Gasteiger partial charge >= 0.3 is 0 Å². The third-order valence-corrected chi connectivity index (χ3v) is 1.54. The number of hydrogen-bond donors (Lipinski definition) is 3. The number of Topliss-reactive ketones (excluding diaryl/α,β-unsaturated/α-hetero) is 1. The number of anilines is 3. The summed E-state index contributed by atoms with van der Waals surface area (Å²) >= 11 is 0. The SMILES string of the molecule is CNc1nc(N)nc(NC(=O)CC(C)=O)n1. The average molecular weight is 224 g/mol. The monoisotopic (exact) mass is 224 g/mol. The summed E-state index contributed by atoms with van der Waals surface area (Å²) in [7, 11) is 1.61. The first-order chi connectivity index (χ1) is 7.51.